The van der Waals surface area contributed by atoms with Crippen molar-refractivity contribution in [1.82, 2.24) is 14.1 Å². The first-order valence-corrected chi connectivity index (χ1v) is 13.2. The molecule has 3 saturated heterocycles. The van der Waals surface area contributed by atoms with Gasteiger partial charge in [0.1, 0.15) is 5.82 Å². The fourth-order valence-corrected chi connectivity index (χ4v) is 6.53. The van der Waals surface area contributed by atoms with Gasteiger partial charge in [0.2, 0.25) is 15.9 Å². The molecule has 9 heteroatoms. The van der Waals surface area contributed by atoms with E-state index in [0.717, 1.165) is 77.3 Å². The van der Waals surface area contributed by atoms with Crippen molar-refractivity contribution < 1.29 is 22.3 Å². The lowest BCUT2D eigenvalue weighted by atomic mass is 9.91. The van der Waals surface area contributed by atoms with Crippen LogP contribution >= 0.6 is 0 Å². The van der Waals surface area contributed by atoms with Gasteiger partial charge in [-0.3, -0.25) is 9.69 Å². The minimum absolute atomic E-state index is 0.0769. The van der Waals surface area contributed by atoms with E-state index in [2.05, 4.69) is 4.90 Å². The number of carbonyl (C=O) groups is 1. The van der Waals surface area contributed by atoms with E-state index in [1.54, 1.807) is 0 Å². The number of likely N-dealkylation sites (tertiary alicyclic amines) is 1. The predicted molar refractivity (Wildman–Crippen MR) is 119 cm³/mol. The second-order valence-electron chi connectivity index (χ2n) is 9.17. The lowest BCUT2D eigenvalue weighted by Gasteiger charge is -2.38. The first-order valence-electron chi connectivity index (χ1n) is 11.8. The van der Waals surface area contributed by atoms with Gasteiger partial charge >= 0.3 is 0 Å². The van der Waals surface area contributed by atoms with Crippen LogP contribution in [0.15, 0.2) is 29.2 Å². The largest absolute Gasteiger partial charge is 0.379 e. The number of sulfonamides is 1. The minimum Gasteiger partial charge on any atom is -0.379 e. The molecule has 3 aliphatic heterocycles. The summed E-state index contributed by atoms with van der Waals surface area (Å²) >= 11 is 0. The molecule has 1 aromatic carbocycles. The van der Waals surface area contributed by atoms with E-state index in [1.165, 1.54) is 16.4 Å². The number of amides is 1. The summed E-state index contributed by atoms with van der Waals surface area (Å²) in [5.74, 6) is -0.0490. The third-order valence-corrected chi connectivity index (χ3v) is 8.95. The highest BCUT2D eigenvalue weighted by Gasteiger charge is 2.36. The van der Waals surface area contributed by atoms with E-state index in [-0.39, 0.29) is 23.3 Å². The van der Waals surface area contributed by atoms with Gasteiger partial charge in [-0.2, -0.15) is 4.31 Å². The van der Waals surface area contributed by atoms with Crippen LogP contribution in [0.1, 0.15) is 32.1 Å². The SMILES string of the molecule is O=C(C1CCCN(S(=O)(=O)c2ccc(F)cc2)C1)N1CCC(CCN2CCOCC2)CC1. The Labute approximate surface area is 190 Å². The molecule has 0 radical (unpaired) electrons. The van der Waals surface area contributed by atoms with Gasteiger partial charge in [0.05, 0.1) is 24.0 Å². The van der Waals surface area contributed by atoms with Crippen LogP contribution in [-0.2, 0) is 19.6 Å². The Bertz CT molecular complexity index is 866. The topological polar surface area (TPSA) is 70.2 Å². The highest BCUT2D eigenvalue weighted by Crippen LogP contribution is 2.28. The van der Waals surface area contributed by atoms with Gasteiger partial charge in [-0.1, -0.05) is 0 Å². The zero-order valence-corrected chi connectivity index (χ0v) is 19.4. The fraction of sp³-hybridized carbons (Fsp3) is 0.696. The van der Waals surface area contributed by atoms with Crippen molar-refractivity contribution in [3.63, 3.8) is 0 Å². The lowest BCUT2D eigenvalue weighted by Crippen LogP contribution is -2.48. The first kappa shape index (κ1) is 23.6. The number of morpholine rings is 1. The molecule has 1 atom stereocenters. The highest BCUT2D eigenvalue weighted by atomic mass is 32.2. The third-order valence-electron chi connectivity index (χ3n) is 7.07. The Morgan fingerprint density at radius 1 is 1.00 bits per heavy atom. The van der Waals surface area contributed by atoms with E-state index in [0.29, 0.717) is 25.3 Å². The Morgan fingerprint density at radius 3 is 2.38 bits per heavy atom. The zero-order chi connectivity index (χ0) is 22.6. The number of ether oxygens (including phenoxy) is 1. The van der Waals surface area contributed by atoms with Crippen molar-refractivity contribution in [3.05, 3.63) is 30.1 Å². The molecular weight excluding hydrogens is 433 g/mol. The summed E-state index contributed by atoms with van der Waals surface area (Å²) in [5.41, 5.74) is 0. The molecule has 1 unspecified atom stereocenters. The second-order valence-corrected chi connectivity index (χ2v) is 11.1. The van der Waals surface area contributed by atoms with Gasteiger partial charge < -0.3 is 9.64 Å². The number of benzene rings is 1. The average Bonchev–Trinajstić information content (AvgIpc) is 2.83. The Kier molecular flexibility index (Phi) is 7.81. The number of hydrogen-bond donors (Lipinski definition) is 0. The summed E-state index contributed by atoms with van der Waals surface area (Å²) in [4.78, 5) is 17.6. The van der Waals surface area contributed by atoms with E-state index < -0.39 is 15.8 Å². The summed E-state index contributed by atoms with van der Waals surface area (Å²) in [6.45, 7) is 6.88. The average molecular weight is 468 g/mol. The summed E-state index contributed by atoms with van der Waals surface area (Å²) in [5, 5.41) is 0. The number of piperidine rings is 2. The lowest BCUT2D eigenvalue weighted by molar-refractivity contribution is -0.138. The molecule has 3 aliphatic rings. The van der Waals surface area contributed by atoms with Gasteiger partial charge in [0.25, 0.3) is 0 Å². The van der Waals surface area contributed by atoms with Crippen LogP contribution < -0.4 is 0 Å². The third kappa shape index (κ3) is 5.68. The monoisotopic (exact) mass is 467 g/mol. The highest BCUT2D eigenvalue weighted by molar-refractivity contribution is 7.89. The standard InChI is InChI=1S/C23H34FN3O4S/c24-21-3-5-22(6-4-21)32(29,30)27-10-1-2-20(18-27)23(28)26-12-8-19(9-13-26)7-11-25-14-16-31-17-15-25/h3-6,19-20H,1-2,7-18H2. The number of hydrogen-bond acceptors (Lipinski definition) is 5. The molecule has 0 aromatic heterocycles. The number of halogens is 1. The van der Waals surface area contributed by atoms with Crippen molar-refractivity contribution in [3.8, 4) is 0 Å². The molecule has 4 rings (SSSR count). The molecule has 1 amide bonds. The maximum Gasteiger partial charge on any atom is 0.243 e. The zero-order valence-electron chi connectivity index (χ0n) is 18.6. The van der Waals surface area contributed by atoms with Crippen LogP contribution in [0, 0.1) is 17.7 Å². The number of rotatable bonds is 6. The number of carbonyl (C=O) groups excluding carboxylic acids is 1. The molecule has 1 aromatic rings. The fourth-order valence-electron chi connectivity index (χ4n) is 5.01. The van der Waals surface area contributed by atoms with Crippen molar-refractivity contribution in [1.29, 1.82) is 0 Å². The molecule has 178 valence electrons. The van der Waals surface area contributed by atoms with Crippen molar-refractivity contribution in [2.75, 3.05) is 59.0 Å². The van der Waals surface area contributed by atoms with Crippen LogP contribution in [0.5, 0.6) is 0 Å². The van der Waals surface area contributed by atoms with Crippen LogP contribution in [0.25, 0.3) is 0 Å². The van der Waals surface area contributed by atoms with Crippen LogP contribution in [0.4, 0.5) is 4.39 Å². The molecule has 0 N–H and O–H groups in total. The van der Waals surface area contributed by atoms with E-state index >= 15 is 0 Å². The van der Waals surface area contributed by atoms with Crippen LogP contribution in [0.2, 0.25) is 0 Å². The van der Waals surface area contributed by atoms with Crippen molar-refractivity contribution in [2.24, 2.45) is 11.8 Å². The quantitative estimate of drug-likeness (QED) is 0.642. The normalized spacial score (nSPS) is 24.5. The first-order chi connectivity index (χ1) is 15.4. The summed E-state index contributed by atoms with van der Waals surface area (Å²) < 4.78 is 45.9. The molecular formula is C23H34FN3O4S. The molecule has 3 heterocycles. The Morgan fingerprint density at radius 2 is 1.69 bits per heavy atom. The molecule has 0 spiro atoms. The Balaban J connectivity index is 1.27. The van der Waals surface area contributed by atoms with Gasteiger partial charge in [0.15, 0.2) is 0 Å². The van der Waals surface area contributed by atoms with E-state index in [9.17, 15) is 17.6 Å². The maximum absolute atomic E-state index is 13.2. The van der Waals surface area contributed by atoms with Crippen molar-refractivity contribution >= 4 is 15.9 Å². The van der Waals surface area contributed by atoms with Gasteiger partial charge in [-0.25, -0.2) is 12.8 Å². The molecule has 0 saturated carbocycles. The molecule has 3 fully saturated rings. The molecule has 0 aliphatic carbocycles. The van der Waals surface area contributed by atoms with Crippen LogP contribution in [-0.4, -0.2) is 87.5 Å². The van der Waals surface area contributed by atoms with Crippen LogP contribution in [0.3, 0.4) is 0 Å². The molecule has 7 nitrogen and oxygen atoms in total. The minimum atomic E-state index is -3.72. The summed E-state index contributed by atoms with van der Waals surface area (Å²) in [7, 11) is -3.72. The Hall–Kier alpha value is -1.55. The van der Waals surface area contributed by atoms with Gasteiger partial charge in [-0.15, -0.1) is 0 Å². The number of nitrogens with zero attached hydrogens (tertiary/aromatic N) is 3. The smallest absolute Gasteiger partial charge is 0.243 e. The van der Waals surface area contributed by atoms with Gasteiger partial charge in [0, 0.05) is 39.3 Å². The van der Waals surface area contributed by atoms with Crippen molar-refractivity contribution in [2.45, 2.75) is 37.0 Å². The van der Waals surface area contributed by atoms with E-state index in [1.807, 2.05) is 4.90 Å². The maximum atomic E-state index is 13.2. The molecule has 32 heavy (non-hydrogen) atoms. The summed E-state index contributed by atoms with van der Waals surface area (Å²) in [6, 6.07) is 4.89. The molecule has 0 bridgehead atoms. The predicted octanol–water partition coefficient (Wildman–Crippen LogP) is 2.19. The second kappa shape index (κ2) is 10.6. The van der Waals surface area contributed by atoms with Gasteiger partial charge in [-0.05, 0) is 68.8 Å². The summed E-state index contributed by atoms with van der Waals surface area (Å²) in [6.07, 6.45) is 4.56. The van der Waals surface area contributed by atoms with E-state index in [4.69, 9.17) is 4.74 Å².